The molecule has 1 heterocycles. The smallest absolute Gasteiger partial charge is 0.0496 e. The predicted octanol–water partition coefficient (Wildman–Crippen LogP) is 2.82. The molecule has 2 N–H and O–H groups in total. The molecule has 2 atom stereocenters. The number of hydrogen-bond acceptors (Lipinski definition) is 2. The van der Waals surface area contributed by atoms with E-state index in [4.69, 9.17) is 17.3 Å². The molecule has 0 radical (unpaired) electrons. The monoisotopic (exact) mass is 238 g/mol. The normalized spacial score (nSPS) is 27.7. The Hall–Kier alpha value is -0.570. The minimum absolute atomic E-state index is 0.230. The van der Waals surface area contributed by atoms with Crippen LogP contribution in [0.4, 0.5) is 0 Å². The van der Waals surface area contributed by atoms with Crippen molar-refractivity contribution in [1.82, 2.24) is 4.90 Å². The molecule has 1 aromatic carbocycles. The summed E-state index contributed by atoms with van der Waals surface area (Å²) in [6, 6.07) is 8.64. The van der Waals surface area contributed by atoms with Gasteiger partial charge in [0.2, 0.25) is 0 Å². The van der Waals surface area contributed by atoms with Gasteiger partial charge < -0.3 is 5.73 Å². The van der Waals surface area contributed by atoms with Gasteiger partial charge in [0.05, 0.1) is 0 Å². The van der Waals surface area contributed by atoms with Gasteiger partial charge in [-0.2, -0.15) is 0 Å². The van der Waals surface area contributed by atoms with Crippen molar-refractivity contribution in [2.45, 2.75) is 31.3 Å². The molecule has 16 heavy (non-hydrogen) atoms. The summed E-state index contributed by atoms with van der Waals surface area (Å²) in [7, 11) is 2.16. The van der Waals surface area contributed by atoms with Gasteiger partial charge in [0.25, 0.3) is 0 Å². The first-order valence-electron chi connectivity index (χ1n) is 5.90. The number of nitrogens with two attached hydrogens (primary N) is 1. The first-order chi connectivity index (χ1) is 7.68. The van der Waals surface area contributed by atoms with E-state index in [1.807, 2.05) is 12.1 Å². The minimum atomic E-state index is 0.230. The van der Waals surface area contributed by atoms with Crippen molar-refractivity contribution in [2.75, 3.05) is 13.6 Å². The van der Waals surface area contributed by atoms with Gasteiger partial charge in [0.1, 0.15) is 0 Å². The molecule has 3 heteroatoms. The van der Waals surface area contributed by atoms with Gasteiger partial charge in [-0.05, 0) is 44.1 Å². The fourth-order valence-corrected chi connectivity index (χ4v) is 2.65. The molecule has 0 spiro atoms. The second-order valence-electron chi connectivity index (χ2n) is 4.64. The highest BCUT2D eigenvalue weighted by Gasteiger charge is 2.25. The van der Waals surface area contributed by atoms with E-state index in [-0.39, 0.29) is 6.04 Å². The highest BCUT2D eigenvalue weighted by atomic mass is 35.5. The molecule has 1 fully saturated rings. The van der Waals surface area contributed by atoms with Crippen molar-refractivity contribution in [3.8, 4) is 0 Å². The van der Waals surface area contributed by atoms with E-state index in [0.717, 1.165) is 18.0 Å². The third-order valence-corrected chi connectivity index (χ3v) is 3.64. The summed E-state index contributed by atoms with van der Waals surface area (Å²) in [5.74, 6) is 0. The Morgan fingerprint density at radius 2 is 1.94 bits per heavy atom. The number of halogens is 1. The van der Waals surface area contributed by atoms with E-state index in [9.17, 15) is 0 Å². The average Bonchev–Trinajstić information content (AvgIpc) is 2.42. The highest BCUT2D eigenvalue weighted by Crippen LogP contribution is 2.28. The SMILES string of the molecule is CN1CCCCC(N)C1c1ccc(Cl)cc1. The molecule has 88 valence electrons. The number of benzene rings is 1. The number of hydrogen-bond donors (Lipinski definition) is 1. The van der Waals surface area contributed by atoms with Crippen LogP contribution in [-0.2, 0) is 0 Å². The summed E-state index contributed by atoms with van der Waals surface area (Å²) in [4.78, 5) is 2.36. The summed E-state index contributed by atoms with van der Waals surface area (Å²) in [6.45, 7) is 1.13. The second kappa shape index (κ2) is 5.17. The van der Waals surface area contributed by atoms with Crippen LogP contribution in [0.2, 0.25) is 5.02 Å². The molecule has 0 amide bonds. The topological polar surface area (TPSA) is 29.3 Å². The minimum Gasteiger partial charge on any atom is -0.326 e. The Balaban J connectivity index is 2.24. The molecule has 1 aromatic rings. The van der Waals surface area contributed by atoms with Crippen molar-refractivity contribution >= 4 is 11.6 Å². The van der Waals surface area contributed by atoms with Crippen LogP contribution in [0, 0.1) is 0 Å². The maximum Gasteiger partial charge on any atom is 0.0496 e. The molecule has 1 aliphatic rings. The molecule has 1 saturated heterocycles. The van der Waals surface area contributed by atoms with Gasteiger partial charge in [-0.3, -0.25) is 4.90 Å². The van der Waals surface area contributed by atoms with Crippen LogP contribution in [-0.4, -0.2) is 24.5 Å². The molecular weight excluding hydrogens is 220 g/mol. The summed E-state index contributed by atoms with van der Waals surface area (Å²) in [5.41, 5.74) is 7.54. The fourth-order valence-electron chi connectivity index (χ4n) is 2.53. The van der Waals surface area contributed by atoms with Gasteiger partial charge in [-0.1, -0.05) is 30.2 Å². The van der Waals surface area contributed by atoms with E-state index < -0.39 is 0 Å². The lowest BCUT2D eigenvalue weighted by Crippen LogP contribution is -2.37. The van der Waals surface area contributed by atoms with Crippen LogP contribution in [0.1, 0.15) is 30.9 Å². The van der Waals surface area contributed by atoms with Gasteiger partial charge in [-0.25, -0.2) is 0 Å². The summed E-state index contributed by atoms with van der Waals surface area (Å²) >= 11 is 5.91. The van der Waals surface area contributed by atoms with E-state index in [2.05, 4.69) is 24.1 Å². The van der Waals surface area contributed by atoms with Gasteiger partial charge >= 0.3 is 0 Å². The Kier molecular flexibility index (Phi) is 3.85. The Morgan fingerprint density at radius 1 is 1.25 bits per heavy atom. The maximum atomic E-state index is 6.26. The number of likely N-dealkylation sites (N-methyl/N-ethyl adjacent to an activating group) is 1. The lowest BCUT2D eigenvalue weighted by atomic mass is 9.97. The van der Waals surface area contributed by atoms with Gasteiger partial charge in [-0.15, -0.1) is 0 Å². The third kappa shape index (κ3) is 2.57. The standard InChI is InChI=1S/C13H19ClN2/c1-16-9-3-2-4-12(15)13(16)10-5-7-11(14)8-6-10/h5-8,12-13H,2-4,9,15H2,1H3. The van der Waals surface area contributed by atoms with Crippen molar-refractivity contribution in [3.63, 3.8) is 0 Å². The fraction of sp³-hybridized carbons (Fsp3) is 0.538. The predicted molar refractivity (Wildman–Crippen MR) is 68.6 cm³/mol. The molecule has 2 unspecified atom stereocenters. The Bertz CT molecular complexity index is 324. The van der Waals surface area contributed by atoms with Crippen LogP contribution in [0.15, 0.2) is 24.3 Å². The molecule has 2 rings (SSSR count). The Morgan fingerprint density at radius 3 is 2.62 bits per heavy atom. The van der Waals surface area contributed by atoms with Crippen LogP contribution >= 0.6 is 11.6 Å². The third-order valence-electron chi connectivity index (χ3n) is 3.39. The van der Waals surface area contributed by atoms with E-state index in [1.165, 1.54) is 18.4 Å². The lowest BCUT2D eigenvalue weighted by molar-refractivity contribution is 0.230. The molecule has 0 saturated carbocycles. The molecular formula is C13H19ClN2. The van der Waals surface area contributed by atoms with E-state index in [0.29, 0.717) is 6.04 Å². The zero-order valence-corrected chi connectivity index (χ0v) is 10.5. The van der Waals surface area contributed by atoms with Crippen molar-refractivity contribution in [1.29, 1.82) is 0 Å². The van der Waals surface area contributed by atoms with Crippen molar-refractivity contribution in [2.24, 2.45) is 5.73 Å². The molecule has 0 aliphatic carbocycles. The Labute approximate surface area is 102 Å². The molecule has 0 bridgehead atoms. The number of nitrogens with zero attached hydrogens (tertiary/aromatic N) is 1. The summed E-state index contributed by atoms with van der Waals surface area (Å²) in [5, 5.41) is 0.786. The largest absolute Gasteiger partial charge is 0.326 e. The average molecular weight is 239 g/mol. The molecule has 0 aromatic heterocycles. The lowest BCUT2D eigenvalue weighted by Gasteiger charge is -2.30. The van der Waals surface area contributed by atoms with Crippen molar-refractivity contribution in [3.05, 3.63) is 34.9 Å². The maximum absolute atomic E-state index is 6.26. The summed E-state index contributed by atoms with van der Waals surface area (Å²) in [6.07, 6.45) is 3.58. The van der Waals surface area contributed by atoms with Gasteiger partial charge in [0, 0.05) is 17.1 Å². The zero-order chi connectivity index (χ0) is 11.5. The first-order valence-corrected chi connectivity index (χ1v) is 6.27. The molecule has 1 aliphatic heterocycles. The van der Waals surface area contributed by atoms with Crippen molar-refractivity contribution < 1.29 is 0 Å². The quantitative estimate of drug-likeness (QED) is 0.815. The van der Waals surface area contributed by atoms with E-state index in [1.54, 1.807) is 0 Å². The zero-order valence-electron chi connectivity index (χ0n) is 9.70. The van der Waals surface area contributed by atoms with Crippen LogP contribution < -0.4 is 5.73 Å². The second-order valence-corrected chi connectivity index (χ2v) is 5.07. The molecule has 2 nitrogen and oxygen atoms in total. The van der Waals surface area contributed by atoms with Gasteiger partial charge in [0.15, 0.2) is 0 Å². The van der Waals surface area contributed by atoms with Crippen LogP contribution in [0.25, 0.3) is 0 Å². The van der Waals surface area contributed by atoms with Crippen LogP contribution in [0.3, 0.4) is 0 Å². The number of likely N-dealkylation sites (tertiary alicyclic amines) is 1. The van der Waals surface area contributed by atoms with E-state index >= 15 is 0 Å². The number of rotatable bonds is 1. The highest BCUT2D eigenvalue weighted by molar-refractivity contribution is 6.30. The van der Waals surface area contributed by atoms with Crippen LogP contribution in [0.5, 0.6) is 0 Å². The first kappa shape index (κ1) is 11.9. The summed E-state index contributed by atoms with van der Waals surface area (Å²) < 4.78 is 0.